The zero-order valence-electron chi connectivity index (χ0n) is 12.6. The molecule has 2 rings (SSSR count). The Morgan fingerprint density at radius 3 is 2.09 bits per heavy atom. The maximum atomic E-state index is 12.2. The van der Waals surface area contributed by atoms with Crippen LogP contribution in [0.4, 0.5) is 0 Å². The number of benzene rings is 2. The molecule has 6 nitrogen and oxygen atoms in total. The molecule has 23 heavy (non-hydrogen) atoms. The lowest BCUT2D eigenvalue weighted by atomic mass is 10.2. The molecule has 0 aromatic heterocycles. The number of methoxy groups -OCH3 is 2. The maximum absolute atomic E-state index is 12.2. The summed E-state index contributed by atoms with van der Waals surface area (Å²) in [4.78, 5) is 24.2. The van der Waals surface area contributed by atoms with Gasteiger partial charge in [0.2, 0.25) is 0 Å². The molecule has 2 N–H and O–H groups in total. The zero-order valence-corrected chi connectivity index (χ0v) is 14.7. The topological polar surface area (TPSA) is 76.7 Å². The maximum Gasteiger partial charge on any atom is 0.270 e. The third kappa shape index (κ3) is 4.13. The van der Waals surface area contributed by atoms with E-state index in [0.717, 1.165) is 0 Å². The highest BCUT2D eigenvalue weighted by molar-refractivity contribution is 14.1. The summed E-state index contributed by atoms with van der Waals surface area (Å²) in [7, 11) is 3.01. The molecular formula is C16H15IN2O4. The van der Waals surface area contributed by atoms with Crippen LogP contribution in [0.5, 0.6) is 11.5 Å². The number of amides is 2. The van der Waals surface area contributed by atoms with Gasteiger partial charge in [0.1, 0.15) is 0 Å². The van der Waals surface area contributed by atoms with Crippen molar-refractivity contribution in [2.24, 2.45) is 0 Å². The summed E-state index contributed by atoms with van der Waals surface area (Å²) in [6, 6.07) is 11.9. The average Bonchev–Trinajstić information content (AvgIpc) is 2.59. The highest BCUT2D eigenvalue weighted by atomic mass is 127. The van der Waals surface area contributed by atoms with E-state index < -0.39 is 11.8 Å². The monoisotopic (exact) mass is 426 g/mol. The van der Waals surface area contributed by atoms with Crippen molar-refractivity contribution in [1.82, 2.24) is 10.9 Å². The average molecular weight is 426 g/mol. The van der Waals surface area contributed by atoms with Gasteiger partial charge in [0.05, 0.1) is 19.8 Å². The molecule has 0 unspecified atom stereocenters. The zero-order chi connectivity index (χ0) is 16.8. The predicted molar refractivity (Wildman–Crippen MR) is 93.6 cm³/mol. The minimum Gasteiger partial charge on any atom is -0.493 e. The van der Waals surface area contributed by atoms with Gasteiger partial charge < -0.3 is 9.47 Å². The number of hydrogen-bond acceptors (Lipinski definition) is 4. The van der Waals surface area contributed by atoms with E-state index >= 15 is 0 Å². The van der Waals surface area contributed by atoms with Gasteiger partial charge in [-0.25, -0.2) is 0 Å². The van der Waals surface area contributed by atoms with Crippen molar-refractivity contribution in [3.63, 3.8) is 0 Å². The van der Waals surface area contributed by atoms with Crippen LogP contribution in [0.1, 0.15) is 20.7 Å². The summed E-state index contributed by atoms with van der Waals surface area (Å²) in [5.41, 5.74) is 5.59. The van der Waals surface area contributed by atoms with Crippen molar-refractivity contribution >= 4 is 34.4 Å². The summed E-state index contributed by atoms with van der Waals surface area (Å²) >= 11 is 2.02. The van der Waals surface area contributed by atoms with Crippen LogP contribution in [0.25, 0.3) is 0 Å². The number of hydrazine groups is 1. The summed E-state index contributed by atoms with van der Waals surface area (Å²) in [6.45, 7) is 0. The van der Waals surface area contributed by atoms with Crippen molar-refractivity contribution < 1.29 is 19.1 Å². The molecule has 2 aromatic rings. The highest BCUT2D eigenvalue weighted by Gasteiger charge is 2.16. The molecule has 2 aromatic carbocycles. The second-order valence-electron chi connectivity index (χ2n) is 4.46. The molecule has 120 valence electrons. The molecule has 0 heterocycles. The largest absolute Gasteiger partial charge is 0.493 e. The Labute approximate surface area is 147 Å². The van der Waals surface area contributed by atoms with Crippen LogP contribution in [0.2, 0.25) is 0 Å². The van der Waals surface area contributed by atoms with Crippen molar-refractivity contribution in [3.05, 3.63) is 57.2 Å². The van der Waals surface area contributed by atoms with Gasteiger partial charge in [0, 0.05) is 9.13 Å². The molecule has 0 fully saturated rings. The molecule has 0 saturated carbocycles. The van der Waals surface area contributed by atoms with Crippen LogP contribution in [0, 0.1) is 3.57 Å². The van der Waals surface area contributed by atoms with E-state index in [-0.39, 0.29) is 0 Å². The number of nitrogens with one attached hydrogen (secondary N) is 2. The number of carbonyl (C=O) groups is 2. The van der Waals surface area contributed by atoms with Gasteiger partial charge in [-0.3, -0.25) is 20.4 Å². The van der Waals surface area contributed by atoms with Crippen LogP contribution < -0.4 is 20.3 Å². The van der Waals surface area contributed by atoms with Crippen molar-refractivity contribution in [3.8, 4) is 11.5 Å². The van der Waals surface area contributed by atoms with Crippen molar-refractivity contribution in [1.29, 1.82) is 0 Å². The van der Waals surface area contributed by atoms with Crippen LogP contribution in [-0.2, 0) is 0 Å². The van der Waals surface area contributed by atoms with Crippen LogP contribution >= 0.6 is 22.6 Å². The quantitative estimate of drug-likeness (QED) is 0.582. The molecule has 0 saturated heterocycles. The Hall–Kier alpha value is -2.29. The van der Waals surface area contributed by atoms with E-state index in [0.29, 0.717) is 26.2 Å². The molecule has 2 amide bonds. The van der Waals surface area contributed by atoms with Crippen molar-refractivity contribution in [2.75, 3.05) is 14.2 Å². The first-order valence-corrected chi connectivity index (χ1v) is 7.72. The number of carbonyl (C=O) groups excluding carboxylic acids is 2. The first-order chi connectivity index (χ1) is 11.1. The lowest BCUT2D eigenvalue weighted by Crippen LogP contribution is -2.41. The number of rotatable bonds is 4. The van der Waals surface area contributed by atoms with Gasteiger partial charge in [0.25, 0.3) is 11.8 Å². The van der Waals surface area contributed by atoms with E-state index in [1.165, 1.54) is 14.2 Å². The lowest BCUT2D eigenvalue weighted by molar-refractivity contribution is 0.0846. The van der Waals surface area contributed by atoms with Gasteiger partial charge in [-0.2, -0.15) is 0 Å². The third-order valence-electron chi connectivity index (χ3n) is 3.04. The molecule has 0 spiro atoms. The Balaban J connectivity index is 2.10. The minimum atomic E-state index is -0.445. The van der Waals surface area contributed by atoms with E-state index in [1.54, 1.807) is 42.5 Å². The smallest absolute Gasteiger partial charge is 0.270 e. The standard InChI is InChI=1S/C16H15IN2O4/c1-22-13-8-11(12(17)9-14(13)23-2)16(21)19-18-15(20)10-6-4-3-5-7-10/h3-9H,1-2H3,(H,18,20)(H,19,21). The van der Waals surface area contributed by atoms with Gasteiger partial charge in [0.15, 0.2) is 11.5 Å². The first kappa shape index (κ1) is 17.1. The molecular weight excluding hydrogens is 411 g/mol. The minimum absolute atomic E-state index is 0.372. The molecule has 7 heteroatoms. The van der Waals surface area contributed by atoms with E-state index in [4.69, 9.17) is 9.47 Å². The van der Waals surface area contributed by atoms with Crippen LogP contribution in [-0.4, -0.2) is 26.0 Å². The first-order valence-electron chi connectivity index (χ1n) is 6.64. The Morgan fingerprint density at radius 2 is 1.48 bits per heavy atom. The lowest BCUT2D eigenvalue weighted by Gasteiger charge is -2.12. The molecule has 0 bridgehead atoms. The van der Waals surface area contributed by atoms with Gasteiger partial charge in [-0.1, -0.05) is 18.2 Å². The fraction of sp³-hybridized carbons (Fsp3) is 0.125. The molecule has 0 atom stereocenters. The van der Waals surface area contributed by atoms with E-state index in [2.05, 4.69) is 10.9 Å². The summed E-state index contributed by atoms with van der Waals surface area (Å²) < 4.78 is 11.0. The van der Waals surface area contributed by atoms with E-state index in [9.17, 15) is 9.59 Å². The molecule has 0 aliphatic heterocycles. The second kappa shape index (κ2) is 7.82. The molecule has 0 aliphatic rings. The number of hydrogen-bond donors (Lipinski definition) is 2. The van der Waals surface area contributed by atoms with Crippen LogP contribution in [0.3, 0.4) is 0 Å². The fourth-order valence-electron chi connectivity index (χ4n) is 1.87. The van der Waals surface area contributed by atoms with Crippen molar-refractivity contribution in [2.45, 2.75) is 0 Å². The third-order valence-corrected chi connectivity index (χ3v) is 3.94. The number of halogens is 1. The second-order valence-corrected chi connectivity index (χ2v) is 5.62. The van der Waals surface area contributed by atoms with Crippen LogP contribution in [0.15, 0.2) is 42.5 Å². The normalized spacial score (nSPS) is 9.87. The summed E-state index contributed by atoms with van der Waals surface area (Å²) in [5.74, 6) is 0.128. The van der Waals surface area contributed by atoms with Gasteiger partial charge in [-0.05, 0) is 46.9 Å². The summed E-state index contributed by atoms with van der Waals surface area (Å²) in [6.07, 6.45) is 0. The van der Waals surface area contributed by atoms with E-state index in [1.807, 2.05) is 22.6 Å². The fourth-order valence-corrected chi connectivity index (χ4v) is 2.55. The van der Waals surface area contributed by atoms with Gasteiger partial charge in [-0.15, -0.1) is 0 Å². The molecule has 0 aliphatic carbocycles. The highest BCUT2D eigenvalue weighted by Crippen LogP contribution is 2.31. The summed E-state index contributed by atoms with van der Waals surface area (Å²) in [5, 5.41) is 0. The molecule has 0 radical (unpaired) electrons. The Morgan fingerprint density at radius 1 is 0.913 bits per heavy atom. The van der Waals surface area contributed by atoms with Gasteiger partial charge >= 0.3 is 0 Å². The number of ether oxygens (including phenoxy) is 2. The predicted octanol–water partition coefficient (Wildman–Crippen LogP) is 2.38. The Kier molecular flexibility index (Phi) is 5.80. The Bertz CT molecular complexity index is 720. The SMILES string of the molecule is COc1cc(I)c(C(=O)NNC(=O)c2ccccc2)cc1OC.